The van der Waals surface area contributed by atoms with E-state index in [4.69, 9.17) is 0 Å². The molecule has 0 heterocycles. The van der Waals surface area contributed by atoms with Crippen LogP contribution in [0.25, 0.3) is 49.2 Å². The monoisotopic (exact) mass is 362 g/mol. The topological polar surface area (TPSA) is 40.5 Å². The van der Waals surface area contributed by atoms with Gasteiger partial charge in [0.05, 0.1) is 0 Å². The predicted molar refractivity (Wildman–Crippen MR) is 116 cm³/mol. The van der Waals surface area contributed by atoms with Gasteiger partial charge in [0.15, 0.2) is 0 Å². The summed E-state index contributed by atoms with van der Waals surface area (Å²) in [5.41, 5.74) is 1.79. The zero-order valence-corrected chi connectivity index (χ0v) is 15.1. The molecular weight excluding hydrogens is 344 g/mol. The van der Waals surface area contributed by atoms with Gasteiger partial charge in [0.1, 0.15) is 12.2 Å². The highest BCUT2D eigenvalue weighted by molar-refractivity contribution is 6.32. The van der Waals surface area contributed by atoms with Crippen LogP contribution in [0.4, 0.5) is 0 Å². The maximum Gasteiger partial charge on any atom is 0.109 e. The van der Waals surface area contributed by atoms with Crippen molar-refractivity contribution < 1.29 is 10.2 Å². The Labute approximate surface area is 162 Å². The van der Waals surface area contributed by atoms with Crippen LogP contribution in [0.15, 0.2) is 78.9 Å². The molecule has 6 rings (SSSR count). The van der Waals surface area contributed by atoms with E-state index in [0.29, 0.717) is 0 Å². The standard InChI is InChI=1S/C26H18O2/c27-23-14-13-21-22(26(23)28)12-11-20-19-10-9-15-5-1-2-6-16(15)24(19)17-7-3-4-8-18(17)25(20)21/h1-14,23,26-28H/t23-,26-/m0/s1. The van der Waals surface area contributed by atoms with E-state index >= 15 is 0 Å². The van der Waals surface area contributed by atoms with E-state index in [-0.39, 0.29) is 0 Å². The van der Waals surface area contributed by atoms with Crippen molar-refractivity contribution in [3.05, 3.63) is 90.0 Å². The minimum atomic E-state index is -0.893. The van der Waals surface area contributed by atoms with Gasteiger partial charge in [-0.25, -0.2) is 0 Å². The van der Waals surface area contributed by atoms with E-state index in [0.717, 1.165) is 16.5 Å². The Morgan fingerprint density at radius 1 is 0.571 bits per heavy atom. The summed E-state index contributed by atoms with van der Waals surface area (Å²) in [6.45, 7) is 0. The highest BCUT2D eigenvalue weighted by Crippen LogP contribution is 2.43. The SMILES string of the molecule is O[C@H]1C=Cc2c(ccc3c4ccc5ccccc5c4c4ccccc4c23)[C@@H]1O. The third-order valence-corrected chi connectivity index (χ3v) is 6.07. The minimum absolute atomic E-state index is 0.785. The van der Waals surface area contributed by atoms with Crippen molar-refractivity contribution in [2.24, 2.45) is 0 Å². The Morgan fingerprint density at radius 3 is 2.00 bits per heavy atom. The van der Waals surface area contributed by atoms with Crippen LogP contribution < -0.4 is 0 Å². The number of hydrogen-bond acceptors (Lipinski definition) is 2. The molecule has 2 N–H and O–H groups in total. The van der Waals surface area contributed by atoms with Gasteiger partial charge in [-0.05, 0) is 54.2 Å². The molecule has 134 valence electrons. The summed E-state index contributed by atoms with van der Waals surface area (Å²) in [5, 5.41) is 30.2. The van der Waals surface area contributed by atoms with E-state index in [1.165, 1.54) is 37.7 Å². The van der Waals surface area contributed by atoms with Crippen molar-refractivity contribution in [1.82, 2.24) is 0 Å². The average Bonchev–Trinajstić information content (AvgIpc) is 2.75. The van der Waals surface area contributed by atoms with Crippen LogP contribution in [0.1, 0.15) is 17.2 Å². The quantitative estimate of drug-likeness (QED) is 0.346. The number of benzene rings is 5. The number of aliphatic hydroxyl groups is 2. The largest absolute Gasteiger partial charge is 0.386 e. The van der Waals surface area contributed by atoms with Crippen LogP contribution in [0, 0.1) is 0 Å². The van der Waals surface area contributed by atoms with Crippen LogP contribution in [0.3, 0.4) is 0 Å². The van der Waals surface area contributed by atoms with Crippen molar-refractivity contribution in [2.75, 3.05) is 0 Å². The molecule has 0 aliphatic heterocycles. The van der Waals surface area contributed by atoms with Gasteiger partial charge in [0.25, 0.3) is 0 Å². The van der Waals surface area contributed by atoms with Crippen LogP contribution in [0.5, 0.6) is 0 Å². The van der Waals surface area contributed by atoms with E-state index in [1.54, 1.807) is 6.08 Å². The van der Waals surface area contributed by atoms with Crippen molar-refractivity contribution in [3.63, 3.8) is 0 Å². The summed E-state index contributed by atoms with van der Waals surface area (Å²) in [6.07, 6.45) is 1.89. The molecule has 28 heavy (non-hydrogen) atoms. The van der Waals surface area contributed by atoms with Gasteiger partial charge in [-0.2, -0.15) is 0 Å². The Bertz CT molecular complexity index is 1430. The Morgan fingerprint density at radius 2 is 1.18 bits per heavy atom. The van der Waals surface area contributed by atoms with Crippen molar-refractivity contribution in [1.29, 1.82) is 0 Å². The zero-order valence-electron chi connectivity index (χ0n) is 15.1. The molecule has 2 nitrogen and oxygen atoms in total. The van der Waals surface area contributed by atoms with Crippen molar-refractivity contribution >= 4 is 49.2 Å². The van der Waals surface area contributed by atoms with E-state index in [9.17, 15) is 10.2 Å². The number of hydrogen-bond donors (Lipinski definition) is 2. The second-order valence-electron chi connectivity index (χ2n) is 7.54. The van der Waals surface area contributed by atoms with Gasteiger partial charge in [-0.15, -0.1) is 0 Å². The van der Waals surface area contributed by atoms with E-state index < -0.39 is 12.2 Å². The van der Waals surface area contributed by atoms with Gasteiger partial charge < -0.3 is 10.2 Å². The molecule has 0 bridgehead atoms. The Balaban J connectivity index is 1.92. The molecule has 5 aromatic rings. The summed E-state index contributed by atoms with van der Waals surface area (Å²) in [6, 6.07) is 25.4. The fraction of sp³-hybridized carbons (Fsp3) is 0.0769. The Kier molecular flexibility index (Phi) is 3.19. The molecule has 1 aliphatic rings. The van der Waals surface area contributed by atoms with E-state index in [1.807, 2.05) is 12.1 Å². The van der Waals surface area contributed by atoms with Gasteiger partial charge >= 0.3 is 0 Å². The summed E-state index contributed by atoms with van der Waals surface area (Å²) in [5.74, 6) is 0. The number of rotatable bonds is 0. The van der Waals surface area contributed by atoms with E-state index in [2.05, 4.69) is 66.7 Å². The number of aliphatic hydroxyl groups excluding tert-OH is 2. The molecule has 0 radical (unpaired) electrons. The fourth-order valence-electron chi connectivity index (χ4n) is 4.78. The molecule has 0 saturated heterocycles. The van der Waals surface area contributed by atoms with Crippen LogP contribution in [-0.4, -0.2) is 16.3 Å². The van der Waals surface area contributed by atoms with Crippen molar-refractivity contribution in [2.45, 2.75) is 12.2 Å². The number of fused-ring (bicyclic) bond motifs is 10. The smallest absolute Gasteiger partial charge is 0.109 e. The molecule has 0 unspecified atom stereocenters. The first-order valence-corrected chi connectivity index (χ1v) is 9.57. The third kappa shape index (κ3) is 1.99. The maximum absolute atomic E-state index is 10.5. The lowest BCUT2D eigenvalue weighted by Gasteiger charge is -2.24. The maximum atomic E-state index is 10.5. The summed E-state index contributed by atoms with van der Waals surface area (Å²) in [4.78, 5) is 0. The summed E-state index contributed by atoms with van der Waals surface area (Å²) >= 11 is 0. The molecule has 2 atom stereocenters. The first-order chi connectivity index (χ1) is 13.7. The fourth-order valence-corrected chi connectivity index (χ4v) is 4.78. The predicted octanol–water partition coefficient (Wildman–Crippen LogP) is 5.72. The first kappa shape index (κ1) is 15.8. The molecular formula is C26H18O2. The second-order valence-corrected chi connectivity index (χ2v) is 7.54. The van der Waals surface area contributed by atoms with Gasteiger partial charge in [0.2, 0.25) is 0 Å². The molecule has 0 aromatic heterocycles. The minimum Gasteiger partial charge on any atom is -0.386 e. The molecule has 2 heteroatoms. The molecule has 0 spiro atoms. The van der Waals surface area contributed by atoms with Gasteiger partial charge in [-0.1, -0.05) is 84.9 Å². The highest BCUT2D eigenvalue weighted by atomic mass is 16.3. The lowest BCUT2D eigenvalue weighted by Crippen LogP contribution is -2.19. The highest BCUT2D eigenvalue weighted by Gasteiger charge is 2.25. The Hall–Kier alpha value is -3.20. The van der Waals surface area contributed by atoms with Crippen molar-refractivity contribution in [3.8, 4) is 0 Å². The zero-order chi connectivity index (χ0) is 18.8. The lowest BCUT2D eigenvalue weighted by atomic mass is 9.84. The normalized spacial score (nSPS) is 18.9. The summed E-state index contributed by atoms with van der Waals surface area (Å²) < 4.78 is 0. The van der Waals surface area contributed by atoms with Gasteiger partial charge in [0, 0.05) is 0 Å². The molecule has 0 amide bonds. The molecule has 5 aromatic carbocycles. The average molecular weight is 362 g/mol. The van der Waals surface area contributed by atoms with Gasteiger partial charge in [-0.3, -0.25) is 0 Å². The molecule has 0 fully saturated rings. The second kappa shape index (κ2) is 5.65. The van der Waals surface area contributed by atoms with Crippen LogP contribution in [-0.2, 0) is 0 Å². The summed E-state index contributed by atoms with van der Waals surface area (Å²) in [7, 11) is 0. The third-order valence-electron chi connectivity index (χ3n) is 6.07. The lowest BCUT2D eigenvalue weighted by molar-refractivity contribution is 0.0471. The molecule has 1 aliphatic carbocycles. The first-order valence-electron chi connectivity index (χ1n) is 9.57. The van der Waals surface area contributed by atoms with Crippen LogP contribution >= 0.6 is 0 Å². The molecule has 0 saturated carbocycles. The van der Waals surface area contributed by atoms with Crippen LogP contribution in [0.2, 0.25) is 0 Å².